The zero-order valence-corrected chi connectivity index (χ0v) is 36.8. The number of carboxylic acid groups (broad SMARTS) is 2. The van der Waals surface area contributed by atoms with Crippen LogP contribution in [0.1, 0.15) is 34.2 Å². The second kappa shape index (κ2) is 78.3. The minimum atomic E-state index is -1.83. The molecule has 15 heteroatoms. The van der Waals surface area contributed by atoms with Crippen molar-refractivity contribution in [3.8, 4) is 0 Å². The Labute approximate surface area is 492 Å². The molecule has 72 valence electrons. The topological polar surface area (TPSA) is 57.5 Å². The molecule has 2 N–H and O–H groups in total. The van der Waals surface area contributed by atoms with Gasteiger partial charge in [-0.1, -0.05) is 0 Å². The second-order valence-corrected chi connectivity index (χ2v) is 0.283. The summed E-state index contributed by atoms with van der Waals surface area (Å²) in [6, 6.07) is 0. The van der Waals surface area contributed by atoms with Crippen LogP contribution in [0.3, 0.4) is 0 Å². The third kappa shape index (κ3) is 103. The number of hydrogen-bond acceptors (Lipinski definition) is 1. The average molecular weight is 567 g/mol. The van der Waals surface area contributed by atoms with Gasteiger partial charge in [-0.25, -0.2) is 4.79 Å². The number of hydrogen-bond donors (Lipinski definition) is 2. The van der Waals surface area contributed by atoms with Crippen molar-refractivity contribution in [1.82, 2.24) is 0 Å². The van der Waals surface area contributed by atoms with Crippen LogP contribution in [0.4, 0.5) is 4.79 Å². The Bertz CT molecular complexity index is 78.1. The molecule has 0 aromatic heterocycles. The summed E-state index contributed by atoms with van der Waals surface area (Å²) >= 11 is 0. The molecule has 0 amide bonds. The van der Waals surface area contributed by atoms with Crippen molar-refractivity contribution < 1.29 is 49.2 Å². The molecule has 16 heavy (non-hydrogen) atoms. The van der Waals surface area contributed by atoms with E-state index in [-0.39, 0.29) is 487 Å². The van der Waals surface area contributed by atoms with Crippen molar-refractivity contribution >= 4 is 459 Å². The van der Waals surface area contributed by atoms with Crippen molar-refractivity contribution in [3.05, 3.63) is 0 Å². The smallest absolute Gasteiger partial charge is 1.00 e. The molecule has 0 saturated heterocycles. The molecular weight excluding hydrogens is 541 g/mol. The fourth-order valence-electron chi connectivity index (χ4n) is 0. The Morgan fingerprint density at radius 2 is 0.500 bits per heavy atom. The first-order chi connectivity index (χ1) is 1.73. The summed E-state index contributed by atoms with van der Waals surface area (Å²) in [5.41, 5.74) is 0. The van der Waals surface area contributed by atoms with Crippen LogP contribution in [0.25, 0.3) is 0 Å². The van der Waals surface area contributed by atoms with Crippen molar-refractivity contribution in [2.24, 2.45) is 0 Å². The third-order valence-corrected chi connectivity index (χ3v) is 0. The van der Waals surface area contributed by atoms with E-state index >= 15 is 0 Å². The molecular formula is CH26Ca12O3. The van der Waals surface area contributed by atoms with E-state index in [9.17, 15) is 0 Å². The van der Waals surface area contributed by atoms with Crippen LogP contribution < -0.4 is 0 Å². The summed E-state index contributed by atoms with van der Waals surface area (Å²) in [5, 5.41) is 13.9. The number of carbonyl (C=O) groups is 1. The van der Waals surface area contributed by atoms with Crippen molar-refractivity contribution in [2.75, 3.05) is 0 Å². The minimum Gasteiger partial charge on any atom is -1.00 e. The van der Waals surface area contributed by atoms with Gasteiger partial charge < -0.3 is 44.5 Å². The van der Waals surface area contributed by atoms with Gasteiger partial charge in [-0.05, 0) is 0 Å². The molecule has 0 atom stereocenters. The van der Waals surface area contributed by atoms with E-state index < -0.39 is 6.16 Å². The van der Waals surface area contributed by atoms with Crippen LogP contribution in [0.15, 0.2) is 0 Å². The normalized spacial score (nSPS) is 1.50. The first-order valence-corrected chi connectivity index (χ1v) is 0.651. The molecule has 0 saturated carbocycles. The molecule has 0 bridgehead atoms. The Balaban J connectivity index is -0.0000000000714. The van der Waals surface area contributed by atoms with Gasteiger partial charge in [-0.3, -0.25) is 0 Å². The number of rotatable bonds is 0. The summed E-state index contributed by atoms with van der Waals surface area (Å²) in [7, 11) is 0. The fraction of sp³-hybridized carbons (Fsp3) is 0. The first-order valence-electron chi connectivity index (χ1n) is 0.651. The average Bonchev–Trinajstić information content (AvgIpc) is 0.811. The van der Waals surface area contributed by atoms with E-state index in [0.717, 1.165) is 0 Å². The molecule has 0 aliphatic carbocycles. The van der Waals surface area contributed by atoms with Crippen LogP contribution in [-0.2, 0) is 0 Å². The van der Waals surface area contributed by atoms with Crippen LogP contribution in [0.2, 0.25) is 0 Å². The fourth-order valence-corrected chi connectivity index (χ4v) is 0. The predicted octanol–water partition coefficient (Wildman–Crippen LogP) is -1.65. The Hall–Kier alpha value is 14.4. The maximum absolute atomic E-state index is 8.56. The zero-order chi connectivity index (χ0) is 3.58. The van der Waals surface area contributed by atoms with Gasteiger partial charge >= 0.3 is 459 Å². The summed E-state index contributed by atoms with van der Waals surface area (Å²) < 4.78 is 0. The maximum Gasteiger partial charge on any atom is 2.00 e. The van der Waals surface area contributed by atoms with Gasteiger partial charge in [0.1, 0.15) is 0 Å². The monoisotopic (exact) mass is 566 g/mol. The molecule has 0 aromatic rings. The first kappa shape index (κ1) is 86.8. The molecule has 0 spiro atoms. The van der Waals surface area contributed by atoms with E-state index in [1.807, 2.05) is 0 Å². The molecule has 0 aliphatic heterocycles. The Morgan fingerprint density at radius 1 is 0.500 bits per heavy atom. The molecule has 0 unspecified atom stereocenters. The second-order valence-electron chi connectivity index (χ2n) is 0.283. The van der Waals surface area contributed by atoms with E-state index in [1.54, 1.807) is 0 Å². The van der Waals surface area contributed by atoms with Gasteiger partial charge in [0.05, 0.1) is 0 Å². The molecule has 0 radical (unpaired) electrons. The molecule has 0 aromatic carbocycles. The van der Waals surface area contributed by atoms with Gasteiger partial charge in [-0.15, -0.1) is 0 Å². The standard InChI is InChI=1S/CH2O3.12Ca.24H/c2-1(3)4;;;;;;;;;;;;;;;;;;;;;;;;;;;;;;;;;;;;/h(H2,2,3,4);;;;;;;;;;;;;;;;;;;;;;;;;;;;;;;;;;;;/q;12*+2;24*-1. The van der Waals surface area contributed by atoms with E-state index in [2.05, 4.69) is 0 Å². The van der Waals surface area contributed by atoms with Crippen molar-refractivity contribution in [2.45, 2.75) is 0 Å². The molecule has 0 rings (SSSR count). The Morgan fingerprint density at radius 3 is 0.500 bits per heavy atom. The van der Waals surface area contributed by atoms with Gasteiger partial charge in [0.2, 0.25) is 0 Å². The minimum absolute atomic E-state index is 0. The zero-order valence-electron chi connectivity index (χ0n) is 34.3. The van der Waals surface area contributed by atoms with Crippen LogP contribution >= 0.6 is 0 Å². The third-order valence-electron chi connectivity index (χ3n) is 0. The molecule has 0 fully saturated rings. The summed E-state index contributed by atoms with van der Waals surface area (Å²) in [4.78, 5) is 8.56. The van der Waals surface area contributed by atoms with Gasteiger partial charge in [-0.2, -0.15) is 0 Å². The molecule has 0 heterocycles. The van der Waals surface area contributed by atoms with Crippen molar-refractivity contribution in [3.63, 3.8) is 0 Å². The van der Waals surface area contributed by atoms with E-state index in [4.69, 9.17) is 15.0 Å². The van der Waals surface area contributed by atoms with Crippen molar-refractivity contribution in [1.29, 1.82) is 0 Å². The summed E-state index contributed by atoms with van der Waals surface area (Å²) in [6.07, 6.45) is -1.83. The SMILES string of the molecule is O=C(O)O.[Ca+2].[Ca+2].[Ca+2].[Ca+2].[Ca+2].[Ca+2].[Ca+2].[Ca+2].[Ca+2].[Ca+2].[Ca+2].[Ca+2].[H-].[H-].[H-].[H-].[H-].[H-].[H-].[H-].[H-].[H-].[H-].[H-].[H-].[H-].[H-].[H-].[H-].[H-].[H-].[H-].[H-].[H-].[H-].[H-]. The largest absolute Gasteiger partial charge is 2.00 e. The molecule has 0 aliphatic rings. The van der Waals surface area contributed by atoms with E-state index in [1.165, 1.54) is 0 Å². The van der Waals surface area contributed by atoms with Crippen LogP contribution in [-0.4, -0.2) is 469 Å². The van der Waals surface area contributed by atoms with Crippen LogP contribution in [0, 0.1) is 0 Å². The van der Waals surface area contributed by atoms with E-state index in [0.29, 0.717) is 0 Å². The quantitative estimate of drug-likeness (QED) is 0.346. The van der Waals surface area contributed by atoms with Gasteiger partial charge in [0.15, 0.2) is 0 Å². The Kier molecular flexibility index (Phi) is 425. The summed E-state index contributed by atoms with van der Waals surface area (Å²) in [6.45, 7) is 0. The predicted molar refractivity (Wildman–Crippen MR) is 106 cm³/mol. The maximum atomic E-state index is 8.56. The van der Waals surface area contributed by atoms with Gasteiger partial charge in [0, 0.05) is 0 Å². The van der Waals surface area contributed by atoms with Crippen LogP contribution in [0.5, 0.6) is 0 Å². The molecule has 3 nitrogen and oxygen atoms in total. The van der Waals surface area contributed by atoms with Gasteiger partial charge in [0.25, 0.3) is 0 Å². The summed E-state index contributed by atoms with van der Waals surface area (Å²) in [5.74, 6) is 0.